The molecule has 0 fully saturated rings. The molecule has 1 nitrogen and oxygen atoms in total. The summed E-state index contributed by atoms with van der Waals surface area (Å²) in [4.78, 5) is 12.2. The molecule has 114 valence electrons. The minimum absolute atomic E-state index is 0.0425. The summed E-state index contributed by atoms with van der Waals surface area (Å²) in [6.45, 7) is 0. The number of benzene rings is 2. The van der Waals surface area contributed by atoms with Crippen molar-refractivity contribution in [3.63, 3.8) is 0 Å². The van der Waals surface area contributed by atoms with Gasteiger partial charge in [0.1, 0.15) is 0 Å². The molecule has 2 aromatic rings. The van der Waals surface area contributed by atoms with E-state index < -0.39 is 0 Å². The molecule has 0 spiro atoms. The maximum atomic E-state index is 12.2. The highest BCUT2D eigenvalue weighted by Gasteiger charge is 2.09. The fraction of sp³-hybridized carbons (Fsp3) is 0.136. The van der Waals surface area contributed by atoms with E-state index in [-0.39, 0.29) is 5.78 Å². The smallest absolute Gasteiger partial charge is 0.185 e. The summed E-state index contributed by atoms with van der Waals surface area (Å²) < 4.78 is 0. The minimum atomic E-state index is 0.0425. The van der Waals surface area contributed by atoms with Crippen molar-refractivity contribution in [2.75, 3.05) is 0 Å². The Morgan fingerprint density at radius 1 is 1.00 bits per heavy atom. The van der Waals surface area contributed by atoms with Gasteiger partial charge in [0.2, 0.25) is 0 Å². The second-order valence-electron chi connectivity index (χ2n) is 5.78. The molecule has 0 saturated heterocycles. The molecule has 0 radical (unpaired) electrons. The zero-order valence-corrected chi connectivity index (χ0v) is 13.1. The van der Waals surface area contributed by atoms with Crippen molar-refractivity contribution in [3.8, 4) is 0 Å². The van der Waals surface area contributed by atoms with E-state index >= 15 is 0 Å². The van der Waals surface area contributed by atoms with Crippen LogP contribution in [-0.4, -0.2) is 5.78 Å². The van der Waals surface area contributed by atoms with Crippen LogP contribution in [0.2, 0.25) is 0 Å². The maximum Gasteiger partial charge on any atom is 0.185 e. The SMILES string of the molecule is O=C(C=Cc1ccccc1CC1C=CC=CC1)c1ccccc1. The van der Waals surface area contributed by atoms with Crippen LogP contribution >= 0.6 is 0 Å². The third kappa shape index (κ3) is 4.17. The molecule has 1 atom stereocenters. The second kappa shape index (κ2) is 7.55. The fourth-order valence-corrected chi connectivity index (χ4v) is 2.81. The number of allylic oxidation sites excluding steroid dienone is 5. The highest BCUT2D eigenvalue weighted by Crippen LogP contribution is 2.21. The third-order valence-electron chi connectivity index (χ3n) is 4.08. The van der Waals surface area contributed by atoms with Gasteiger partial charge in [-0.15, -0.1) is 0 Å². The fourth-order valence-electron chi connectivity index (χ4n) is 2.81. The van der Waals surface area contributed by atoms with Gasteiger partial charge < -0.3 is 0 Å². The van der Waals surface area contributed by atoms with Crippen LogP contribution in [0, 0.1) is 5.92 Å². The van der Waals surface area contributed by atoms with Crippen LogP contribution in [0.1, 0.15) is 27.9 Å². The topological polar surface area (TPSA) is 17.1 Å². The molecular weight excluding hydrogens is 280 g/mol. The lowest BCUT2D eigenvalue weighted by molar-refractivity contribution is 0.104. The van der Waals surface area contributed by atoms with E-state index in [1.54, 1.807) is 6.08 Å². The molecule has 1 aliphatic rings. The first-order chi connectivity index (χ1) is 11.3. The van der Waals surface area contributed by atoms with Gasteiger partial charge in [-0.3, -0.25) is 4.79 Å². The molecular formula is C22H20O. The Balaban J connectivity index is 1.75. The van der Waals surface area contributed by atoms with Crippen LogP contribution < -0.4 is 0 Å². The summed E-state index contributed by atoms with van der Waals surface area (Å²) in [6.07, 6.45) is 14.4. The maximum absolute atomic E-state index is 12.2. The van der Waals surface area contributed by atoms with E-state index in [4.69, 9.17) is 0 Å². The predicted octanol–water partition coefficient (Wildman–Crippen LogP) is 5.26. The van der Waals surface area contributed by atoms with Crippen LogP contribution in [0.25, 0.3) is 6.08 Å². The van der Waals surface area contributed by atoms with E-state index in [1.165, 1.54) is 5.56 Å². The molecule has 0 N–H and O–H groups in total. The predicted molar refractivity (Wildman–Crippen MR) is 96.3 cm³/mol. The molecule has 1 unspecified atom stereocenters. The van der Waals surface area contributed by atoms with Gasteiger partial charge >= 0.3 is 0 Å². The molecule has 0 aromatic heterocycles. The molecule has 0 saturated carbocycles. The summed E-state index contributed by atoms with van der Waals surface area (Å²) in [6, 6.07) is 17.7. The standard InChI is InChI=1S/C22H20O/c23-22(20-12-5-2-6-13-20)16-15-19-11-7-8-14-21(19)17-18-9-3-1-4-10-18/h1-9,11-16,18H,10,17H2. The molecule has 0 amide bonds. The average molecular weight is 300 g/mol. The number of rotatable bonds is 5. The quantitative estimate of drug-likeness (QED) is 0.544. The first kappa shape index (κ1) is 15.2. The summed E-state index contributed by atoms with van der Waals surface area (Å²) in [5.74, 6) is 0.584. The van der Waals surface area contributed by atoms with Crippen molar-refractivity contribution in [2.24, 2.45) is 5.92 Å². The molecule has 1 heteroatoms. The van der Waals surface area contributed by atoms with Crippen molar-refractivity contribution in [1.29, 1.82) is 0 Å². The van der Waals surface area contributed by atoms with E-state index in [0.717, 1.165) is 24.0 Å². The van der Waals surface area contributed by atoms with Crippen LogP contribution in [0.3, 0.4) is 0 Å². The Bertz CT molecular complexity index is 751. The highest BCUT2D eigenvalue weighted by atomic mass is 16.1. The van der Waals surface area contributed by atoms with Crippen molar-refractivity contribution in [2.45, 2.75) is 12.8 Å². The Kier molecular flexibility index (Phi) is 5.00. The average Bonchev–Trinajstić information content (AvgIpc) is 2.62. The van der Waals surface area contributed by atoms with E-state index in [0.29, 0.717) is 5.92 Å². The van der Waals surface area contributed by atoms with Crippen molar-refractivity contribution in [3.05, 3.63) is 102 Å². The Hall–Kier alpha value is -2.67. The highest BCUT2D eigenvalue weighted by molar-refractivity contribution is 6.06. The first-order valence-corrected chi connectivity index (χ1v) is 8.01. The molecule has 0 heterocycles. The third-order valence-corrected chi connectivity index (χ3v) is 4.08. The minimum Gasteiger partial charge on any atom is -0.289 e. The van der Waals surface area contributed by atoms with E-state index in [9.17, 15) is 4.79 Å². The number of hydrogen-bond donors (Lipinski definition) is 0. The number of carbonyl (C=O) groups is 1. The lowest BCUT2D eigenvalue weighted by atomic mass is 9.91. The summed E-state index contributed by atoms with van der Waals surface area (Å²) in [5.41, 5.74) is 3.14. The van der Waals surface area contributed by atoms with Crippen molar-refractivity contribution >= 4 is 11.9 Å². The van der Waals surface area contributed by atoms with Crippen LogP contribution in [-0.2, 0) is 6.42 Å². The number of carbonyl (C=O) groups excluding carboxylic acids is 1. The molecule has 0 bridgehead atoms. The van der Waals surface area contributed by atoms with E-state index in [1.807, 2.05) is 42.5 Å². The zero-order valence-electron chi connectivity index (χ0n) is 13.1. The van der Waals surface area contributed by atoms with Gasteiger partial charge in [-0.25, -0.2) is 0 Å². The van der Waals surface area contributed by atoms with Crippen LogP contribution in [0.5, 0.6) is 0 Å². The monoisotopic (exact) mass is 300 g/mol. The second-order valence-corrected chi connectivity index (χ2v) is 5.78. The molecule has 2 aromatic carbocycles. The van der Waals surface area contributed by atoms with Gasteiger partial charge in [-0.1, -0.05) is 85.0 Å². The van der Waals surface area contributed by atoms with Gasteiger partial charge in [0.05, 0.1) is 0 Å². The van der Waals surface area contributed by atoms with Gasteiger partial charge in [0.25, 0.3) is 0 Å². The Labute approximate surface area is 137 Å². The normalized spacial score (nSPS) is 16.8. The van der Waals surface area contributed by atoms with Crippen molar-refractivity contribution < 1.29 is 4.79 Å². The zero-order chi connectivity index (χ0) is 15.9. The van der Waals surface area contributed by atoms with Gasteiger partial charge in [0.15, 0.2) is 5.78 Å². The number of hydrogen-bond acceptors (Lipinski definition) is 1. The Morgan fingerprint density at radius 3 is 2.57 bits per heavy atom. The largest absolute Gasteiger partial charge is 0.289 e. The molecule has 23 heavy (non-hydrogen) atoms. The van der Waals surface area contributed by atoms with Crippen LogP contribution in [0.4, 0.5) is 0 Å². The van der Waals surface area contributed by atoms with Gasteiger partial charge in [0, 0.05) is 5.56 Å². The van der Waals surface area contributed by atoms with Gasteiger partial charge in [-0.2, -0.15) is 0 Å². The van der Waals surface area contributed by atoms with E-state index in [2.05, 4.69) is 42.5 Å². The first-order valence-electron chi connectivity index (χ1n) is 8.01. The molecule has 1 aliphatic carbocycles. The number of ketones is 1. The van der Waals surface area contributed by atoms with Crippen LogP contribution in [0.15, 0.2) is 85.0 Å². The summed E-state index contributed by atoms with van der Waals surface area (Å²) in [5, 5.41) is 0. The summed E-state index contributed by atoms with van der Waals surface area (Å²) in [7, 11) is 0. The lowest BCUT2D eigenvalue weighted by Crippen LogP contribution is -2.03. The van der Waals surface area contributed by atoms with Gasteiger partial charge in [-0.05, 0) is 36.0 Å². The summed E-state index contributed by atoms with van der Waals surface area (Å²) >= 11 is 0. The Morgan fingerprint density at radius 2 is 1.78 bits per heavy atom. The molecule has 3 rings (SSSR count). The van der Waals surface area contributed by atoms with Crippen molar-refractivity contribution in [1.82, 2.24) is 0 Å². The lowest BCUT2D eigenvalue weighted by Gasteiger charge is -2.14. The molecule has 0 aliphatic heterocycles.